The van der Waals surface area contributed by atoms with Crippen LogP contribution in [0.5, 0.6) is 5.75 Å². The Morgan fingerprint density at radius 1 is 1.29 bits per heavy atom. The Hall–Kier alpha value is -2.14. The number of anilines is 1. The molecular weight excluding hydrogens is 286 g/mol. The highest BCUT2D eigenvalue weighted by Crippen LogP contribution is 2.26. The van der Waals surface area contributed by atoms with Gasteiger partial charge in [0, 0.05) is 24.8 Å². The normalized spacial score (nSPS) is 10.2. The Balaban J connectivity index is 2.30. The van der Waals surface area contributed by atoms with Crippen LogP contribution in [0.15, 0.2) is 35.7 Å². The summed E-state index contributed by atoms with van der Waals surface area (Å²) in [5.41, 5.74) is 1.30. The first kappa shape index (κ1) is 15.3. The molecule has 110 valence electrons. The van der Waals surface area contributed by atoms with Crippen LogP contribution in [0.4, 0.5) is 5.69 Å². The van der Waals surface area contributed by atoms with Crippen molar-refractivity contribution in [2.45, 2.75) is 13.8 Å². The van der Waals surface area contributed by atoms with Gasteiger partial charge in [-0.1, -0.05) is 6.07 Å². The highest BCUT2D eigenvalue weighted by molar-refractivity contribution is 7.12. The van der Waals surface area contributed by atoms with Crippen molar-refractivity contribution in [1.29, 1.82) is 0 Å². The summed E-state index contributed by atoms with van der Waals surface area (Å²) < 4.78 is 5.37. The first-order valence-electron chi connectivity index (χ1n) is 6.79. The van der Waals surface area contributed by atoms with Crippen LogP contribution in [-0.2, 0) is 0 Å². The Morgan fingerprint density at radius 2 is 2.05 bits per heavy atom. The Bertz CT molecular complexity index is 618. The molecule has 5 heteroatoms. The summed E-state index contributed by atoms with van der Waals surface area (Å²) in [5.74, 6) is -0.141. The van der Waals surface area contributed by atoms with E-state index in [1.807, 2.05) is 11.4 Å². The van der Waals surface area contributed by atoms with Gasteiger partial charge in [-0.3, -0.25) is 4.79 Å². The fraction of sp³-hybridized carbons (Fsp3) is 0.250. The molecule has 1 heterocycles. The molecule has 2 aromatic rings. The standard InChI is InChI=1S/C16H17NO3S/c1-3-17(4-2)13-8-7-12(11-18)14(10-13)20-16(19)15-6-5-9-21-15/h5-11H,3-4H2,1-2H3. The molecule has 0 bridgehead atoms. The average Bonchev–Trinajstić information content (AvgIpc) is 3.03. The van der Waals surface area contributed by atoms with Crippen LogP contribution in [0.2, 0.25) is 0 Å². The quantitative estimate of drug-likeness (QED) is 0.464. The minimum atomic E-state index is -0.440. The van der Waals surface area contributed by atoms with Crippen LogP contribution in [0.1, 0.15) is 33.9 Å². The van der Waals surface area contributed by atoms with Crippen molar-refractivity contribution in [2.75, 3.05) is 18.0 Å². The van der Waals surface area contributed by atoms with Crippen LogP contribution < -0.4 is 9.64 Å². The molecule has 4 nitrogen and oxygen atoms in total. The maximum atomic E-state index is 12.0. The van der Waals surface area contributed by atoms with Gasteiger partial charge in [-0.05, 0) is 37.4 Å². The number of esters is 1. The maximum Gasteiger partial charge on any atom is 0.353 e. The Morgan fingerprint density at radius 3 is 2.62 bits per heavy atom. The third kappa shape index (κ3) is 3.49. The van der Waals surface area contributed by atoms with Crippen molar-refractivity contribution < 1.29 is 14.3 Å². The third-order valence-electron chi connectivity index (χ3n) is 3.18. The van der Waals surface area contributed by atoms with Gasteiger partial charge in [0.25, 0.3) is 0 Å². The smallest absolute Gasteiger partial charge is 0.353 e. The summed E-state index contributed by atoms with van der Waals surface area (Å²) in [6.07, 6.45) is 0.697. The number of carbonyl (C=O) groups is 2. The van der Waals surface area contributed by atoms with Crippen LogP contribution in [-0.4, -0.2) is 25.3 Å². The molecule has 0 unspecified atom stereocenters. The molecule has 1 aromatic heterocycles. The van der Waals surface area contributed by atoms with E-state index in [9.17, 15) is 9.59 Å². The van der Waals surface area contributed by atoms with E-state index in [-0.39, 0.29) is 0 Å². The summed E-state index contributed by atoms with van der Waals surface area (Å²) >= 11 is 1.31. The Labute approximate surface area is 128 Å². The summed E-state index contributed by atoms with van der Waals surface area (Å²) in [5, 5.41) is 1.81. The number of hydrogen-bond acceptors (Lipinski definition) is 5. The molecule has 2 rings (SSSR count). The first-order valence-corrected chi connectivity index (χ1v) is 7.67. The van der Waals surface area contributed by atoms with Gasteiger partial charge in [0.15, 0.2) is 6.29 Å². The van der Waals surface area contributed by atoms with Gasteiger partial charge in [0.1, 0.15) is 10.6 Å². The average molecular weight is 303 g/mol. The van der Waals surface area contributed by atoms with E-state index in [0.717, 1.165) is 18.8 Å². The number of rotatable bonds is 6. The number of aldehydes is 1. The lowest BCUT2D eigenvalue weighted by molar-refractivity contribution is 0.0738. The molecule has 0 radical (unpaired) electrons. The van der Waals surface area contributed by atoms with E-state index in [1.165, 1.54) is 11.3 Å². The molecule has 0 aliphatic rings. The second kappa shape index (κ2) is 7.04. The van der Waals surface area contributed by atoms with E-state index >= 15 is 0 Å². The van der Waals surface area contributed by atoms with Gasteiger partial charge in [0.05, 0.1) is 5.56 Å². The summed E-state index contributed by atoms with van der Waals surface area (Å²) in [6.45, 7) is 5.79. The SMILES string of the molecule is CCN(CC)c1ccc(C=O)c(OC(=O)c2cccs2)c1. The molecule has 0 spiro atoms. The molecule has 0 N–H and O–H groups in total. The minimum absolute atomic E-state index is 0.299. The predicted octanol–water partition coefficient (Wildman–Crippen LogP) is 3.63. The fourth-order valence-electron chi connectivity index (χ4n) is 2.04. The monoisotopic (exact) mass is 303 g/mol. The molecule has 0 saturated carbocycles. The number of ether oxygens (including phenoxy) is 1. The summed E-state index contributed by atoms with van der Waals surface area (Å²) in [7, 11) is 0. The zero-order chi connectivity index (χ0) is 15.2. The molecule has 0 fully saturated rings. The molecule has 1 aromatic carbocycles. The van der Waals surface area contributed by atoms with Crippen LogP contribution in [0.3, 0.4) is 0 Å². The zero-order valence-corrected chi connectivity index (χ0v) is 12.9. The van der Waals surface area contributed by atoms with Crippen molar-refractivity contribution in [1.82, 2.24) is 0 Å². The van der Waals surface area contributed by atoms with Gasteiger partial charge in [0.2, 0.25) is 0 Å². The minimum Gasteiger partial charge on any atom is -0.421 e. The van der Waals surface area contributed by atoms with Gasteiger partial charge >= 0.3 is 5.97 Å². The van der Waals surface area contributed by atoms with Gasteiger partial charge in [-0.25, -0.2) is 4.79 Å². The highest BCUT2D eigenvalue weighted by Gasteiger charge is 2.14. The van der Waals surface area contributed by atoms with Gasteiger partial charge in [-0.2, -0.15) is 0 Å². The van der Waals surface area contributed by atoms with Crippen molar-refractivity contribution in [3.63, 3.8) is 0 Å². The number of thiophene rings is 1. The van der Waals surface area contributed by atoms with Crippen molar-refractivity contribution in [3.8, 4) is 5.75 Å². The lowest BCUT2D eigenvalue weighted by Crippen LogP contribution is -2.22. The fourth-order valence-corrected chi connectivity index (χ4v) is 2.64. The topological polar surface area (TPSA) is 46.6 Å². The molecule has 0 amide bonds. The second-order valence-electron chi connectivity index (χ2n) is 4.38. The van der Waals surface area contributed by atoms with Crippen molar-refractivity contribution in [3.05, 3.63) is 46.2 Å². The number of benzene rings is 1. The molecular formula is C16H17NO3S. The van der Waals surface area contributed by atoms with E-state index in [4.69, 9.17) is 4.74 Å². The molecule has 21 heavy (non-hydrogen) atoms. The van der Waals surface area contributed by atoms with Crippen LogP contribution in [0.25, 0.3) is 0 Å². The molecule has 0 atom stereocenters. The van der Waals surface area contributed by atoms with E-state index < -0.39 is 5.97 Å². The second-order valence-corrected chi connectivity index (χ2v) is 5.33. The van der Waals surface area contributed by atoms with E-state index in [1.54, 1.807) is 24.3 Å². The predicted molar refractivity (Wildman–Crippen MR) is 84.7 cm³/mol. The van der Waals surface area contributed by atoms with Crippen molar-refractivity contribution in [2.24, 2.45) is 0 Å². The number of nitrogens with zero attached hydrogens (tertiary/aromatic N) is 1. The van der Waals surface area contributed by atoms with E-state index in [0.29, 0.717) is 22.5 Å². The van der Waals surface area contributed by atoms with Crippen LogP contribution >= 0.6 is 11.3 Å². The van der Waals surface area contributed by atoms with Crippen molar-refractivity contribution >= 4 is 29.3 Å². The maximum absolute atomic E-state index is 12.0. The number of carbonyl (C=O) groups excluding carboxylic acids is 2. The van der Waals surface area contributed by atoms with E-state index in [2.05, 4.69) is 18.7 Å². The van der Waals surface area contributed by atoms with Crippen LogP contribution in [0, 0.1) is 0 Å². The Kier molecular flexibility index (Phi) is 5.11. The largest absolute Gasteiger partial charge is 0.421 e. The number of hydrogen-bond donors (Lipinski definition) is 0. The first-order chi connectivity index (χ1) is 10.2. The zero-order valence-electron chi connectivity index (χ0n) is 12.0. The lowest BCUT2D eigenvalue weighted by atomic mass is 10.2. The summed E-state index contributed by atoms with van der Waals surface area (Å²) in [4.78, 5) is 25.8. The molecule has 0 aliphatic heterocycles. The van der Waals surface area contributed by atoms with Gasteiger partial charge in [-0.15, -0.1) is 11.3 Å². The third-order valence-corrected chi connectivity index (χ3v) is 4.03. The summed E-state index contributed by atoms with van der Waals surface area (Å²) in [6, 6.07) is 8.76. The lowest BCUT2D eigenvalue weighted by Gasteiger charge is -2.21. The molecule has 0 aliphatic carbocycles. The highest BCUT2D eigenvalue weighted by atomic mass is 32.1. The van der Waals surface area contributed by atoms with Gasteiger partial charge < -0.3 is 9.64 Å². The molecule has 0 saturated heterocycles.